The van der Waals surface area contributed by atoms with Crippen molar-refractivity contribution in [3.05, 3.63) is 101 Å². The van der Waals surface area contributed by atoms with E-state index < -0.39 is 64.4 Å². The van der Waals surface area contributed by atoms with Crippen LogP contribution in [0.1, 0.15) is 75.3 Å². The summed E-state index contributed by atoms with van der Waals surface area (Å²) < 4.78 is 135. The van der Waals surface area contributed by atoms with Crippen LogP contribution in [0.3, 0.4) is 0 Å². The molecule has 1 aliphatic rings. The zero-order chi connectivity index (χ0) is 34.6. The molecule has 1 aliphatic carbocycles. The van der Waals surface area contributed by atoms with E-state index in [1.54, 1.807) is 12.3 Å². The second-order valence-corrected chi connectivity index (χ2v) is 11.9. The van der Waals surface area contributed by atoms with Gasteiger partial charge in [-0.05, 0) is 72.9 Å². The predicted molar refractivity (Wildman–Crippen MR) is 161 cm³/mol. The van der Waals surface area contributed by atoms with Crippen LogP contribution in [0.4, 0.5) is 39.5 Å². The topological polar surface area (TPSA) is 31.4 Å². The van der Waals surface area contributed by atoms with Gasteiger partial charge in [-0.25, -0.2) is 22.0 Å². The van der Waals surface area contributed by atoms with Crippen molar-refractivity contribution in [1.82, 2.24) is 4.98 Å². The lowest BCUT2D eigenvalue weighted by molar-refractivity contribution is -0.189. The maximum Gasteiger partial charge on any atom is 0.432 e. The average Bonchev–Trinajstić information content (AvgIpc) is 3.02. The van der Waals surface area contributed by atoms with Gasteiger partial charge in [-0.1, -0.05) is 50.8 Å². The SMILES string of the molecule is CCCCCC1CCC(c2ccc(-c3ccc(-c4cc(F)c(C(F)(F)Oc5cc(F)c(OC(F)F)c(F)c5)c(F)c4)c(F)c3)nc2)CC1. The van der Waals surface area contributed by atoms with E-state index in [-0.39, 0.29) is 17.7 Å². The maximum absolute atomic E-state index is 15.2. The minimum absolute atomic E-state index is 0.0820. The molecule has 0 N–H and O–H groups in total. The molecule has 0 atom stereocenters. The highest BCUT2D eigenvalue weighted by atomic mass is 19.3. The standard InChI is InChI=1S/C36H32F9NO2/c1-2-3-4-5-20-6-8-21(9-7-20)23-11-13-32(46-19-23)22-10-12-26(27(37)14-22)24-15-28(38)33(29(39)16-24)36(44,45)48-25-17-30(40)34(31(41)18-25)47-35(42)43/h10-21,35H,2-9H2,1H3. The third kappa shape index (κ3) is 8.07. The van der Waals surface area contributed by atoms with E-state index in [4.69, 9.17) is 0 Å². The lowest BCUT2D eigenvalue weighted by Gasteiger charge is -2.28. The molecule has 4 aromatic rings. The summed E-state index contributed by atoms with van der Waals surface area (Å²) in [4.78, 5) is 4.51. The molecule has 3 nitrogen and oxygen atoms in total. The first-order valence-electron chi connectivity index (χ1n) is 15.6. The molecule has 1 heterocycles. The number of alkyl halides is 4. The fraction of sp³-hybridized carbons (Fsp3) is 0.361. The van der Waals surface area contributed by atoms with Crippen LogP contribution in [-0.2, 0) is 6.11 Å². The number of halogens is 9. The molecule has 1 aromatic heterocycles. The summed E-state index contributed by atoms with van der Waals surface area (Å²) in [7, 11) is 0. The van der Waals surface area contributed by atoms with Crippen LogP contribution in [0, 0.1) is 35.0 Å². The summed E-state index contributed by atoms with van der Waals surface area (Å²) >= 11 is 0. The highest BCUT2D eigenvalue weighted by molar-refractivity contribution is 5.70. The monoisotopic (exact) mass is 681 g/mol. The van der Waals surface area contributed by atoms with Gasteiger partial charge in [-0.2, -0.15) is 17.6 Å². The van der Waals surface area contributed by atoms with Crippen LogP contribution in [0.2, 0.25) is 0 Å². The number of nitrogens with zero attached hydrogens (tertiary/aromatic N) is 1. The van der Waals surface area contributed by atoms with E-state index in [2.05, 4.69) is 21.4 Å². The van der Waals surface area contributed by atoms with Crippen LogP contribution < -0.4 is 9.47 Å². The van der Waals surface area contributed by atoms with Gasteiger partial charge in [0.05, 0.1) is 5.69 Å². The first-order chi connectivity index (χ1) is 22.9. The number of aromatic nitrogens is 1. The first kappa shape index (κ1) is 35.1. The fourth-order valence-corrected chi connectivity index (χ4v) is 6.20. The molecule has 0 aliphatic heterocycles. The number of rotatable bonds is 12. The number of hydrogen-bond acceptors (Lipinski definition) is 3. The van der Waals surface area contributed by atoms with Crippen molar-refractivity contribution < 1.29 is 49.0 Å². The normalized spacial score (nSPS) is 16.7. The van der Waals surface area contributed by atoms with Gasteiger partial charge in [-0.15, -0.1) is 0 Å². The molecule has 0 bridgehead atoms. The Balaban J connectivity index is 1.29. The lowest BCUT2D eigenvalue weighted by atomic mass is 9.77. The van der Waals surface area contributed by atoms with Crippen molar-refractivity contribution in [2.45, 2.75) is 76.9 Å². The average molecular weight is 682 g/mol. The van der Waals surface area contributed by atoms with E-state index in [1.165, 1.54) is 50.7 Å². The maximum atomic E-state index is 15.2. The van der Waals surface area contributed by atoms with Gasteiger partial charge < -0.3 is 9.47 Å². The van der Waals surface area contributed by atoms with Gasteiger partial charge in [0, 0.05) is 29.5 Å². The van der Waals surface area contributed by atoms with Crippen molar-refractivity contribution in [2.24, 2.45) is 5.92 Å². The van der Waals surface area contributed by atoms with Crippen LogP contribution in [0.5, 0.6) is 11.5 Å². The van der Waals surface area contributed by atoms with Gasteiger partial charge in [0.15, 0.2) is 17.4 Å². The van der Waals surface area contributed by atoms with Gasteiger partial charge in [0.1, 0.15) is 28.8 Å². The predicted octanol–water partition coefficient (Wildman–Crippen LogP) is 11.7. The van der Waals surface area contributed by atoms with Gasteiger partial charge in [0.25, 0.3) is 0 Å². The Labute approximate surface area is 271 Å². The molecule has 0 spiro atoms. The van der Waals surface area contributed by atoms with Crippen LogP contribution >= 0.6 is 0 Å². The Kier molecular flexibility index (Phi) is 10.9. The molecule has 5 rings (SSSR count). The summed E-state index contributed by atoms with van der Waals surface area (Å²) in [5, 5.41) is 0. The Morgan fingerprint density at radius 3 is 1.98 bits per heavy atom. The molecule has 48 heavy (non-hydrogen) atoms. The van der Waals surface area contributed by atoms with E-state index in [0.29, 0.717) is 29.3 Å². The Morgan fingerprint density at radius 1 is 0.771 bits per heavy atom. The van der Waals surface area contributed by atoms with Crippen molar-refractivity contribution in [1.29, 1.82) is 0 Å². The molecule has 3 aromatic carbocycles. The van der Waals surface area contributed by atoms with Crippen LogP contribution in [-0.4, -0.2) is 11.6 Å². The third-order valence-electron chi connectivity index (χ3n) is 8.65. The third-order valence-corrected chi connectivity index (χ3v) is 8.65. The summed E-state index contributed by atoms with van der Waals surface area (Å²) in [5.74, 6) is -9.88. The molecule has 256 valence electrons. The van der Waals surface area contributed by atoms with Crippen LogP contribution in [0.25, 0.3) is 22.4 Å². The second-order valence-electron chi connectivity index (χ2n) is 11.9. The molecule has 1 fully saturated rings. The van der Waals surface area contributed by atoms with Gasteiger partial charge in [-0.3, -0.25) is 4.98 Å². The number of unbranched alkanes of at least 4 members (excludes halogenated alkanes) is 2. The van der Waals surface area contributed by atoms with E-state index in [1.807, 2.05) is 6.07 Å². The minimum Gasteiger partial charge on any atom is -0.429 e. The highest BCUT2D eigenvalue weighted by Crippen LogP contribution is 2.40. The zero-order valence-electron chi connectivity index (χ0n) is 25.8. The largest absolute Gasteiger partial charge is 0.432 e. The van der Waals surface area contributed by atoms with E-state index in [9.17, 15) is 35.1 Å². The molecule has 0 amide bonds. The van der Waals surface area contributed by atoms with Crippen molar-refractivity contribution in [3.63, 3.8) is 0 Å². The molecular weight excluding hydrogens is 649 g/mol. The fourth-order valence-electron chi connectivity index (χ4n) is 6.20. The minimum atomic E-state index is -4.83. The number of pyridine rings is 1. The Morgan fingerprint density at radius 2 is 1.42 bits per heavy atom. The molecule has 0 radical (unpaired) electrons. The molecule has 12 heteroatoms. The van der Waals surface area contributed by atoms with E-state index in [0.717, 1.165) is 30.4 Å². The van der Waals surface area contributed by atoms with Crippen molar-refractivity contribution in [2.75, 3.05) is 0 Å². The Hall–Kier alpha value is -4.22. The first-order valence-corrected chi connectivity index (χ1v) is 15.6. The Bertz CT molecular complexity index is 1680. The quantitative estimate of drug-likeness (QED) is 0.110. The molecular formula is C36H32F9NO2. The summed E-state index contributed by atoms with van der Waals surface area (Å²) in [6.07, 6.45) is 6.52. The highest BCUT2D eigenvalue weighted by Gasteiger charge is 2.42. The van der Waals surface area contributed by atoms with E-state index >= 15 is 4.39 Å². The molecule has 0 saturated heterocycles. The summed E-state index contributed by atoms with van der Waals surface area (Å²) in [6.45, 7) is -1.42. The number of benzene rings is 3. The second kappa shape index (κ2) is 14.9. The van der Waals surface area contributed by atoms with Gasteiger partial charge >= 0.3 is 12.7 Å². The van der Waals surface area contributed by atoms with Gasteiger partial charge in [0.2, 0.25) is 0 Å². The van der Waals surface area contributed by atoms with Crippen molar-refractivity contribution in [3.8, 4) is 33.9 Å². The lowest BCUT2D eigenvalue weighted by Crippen LogP contribution is -2.25. The van der Waals surface area contributed by atoms with Crippen LogP contribution in [0.15, 0.2) is 60.8 Å². The summed E-state index contributed by atoms with van der Waals surface area (Å²) in [5.41, 5.74) is -0.645. The summed E-state index contributed by atoms with van der Waals surface area (Å²) in [6, 6.07) is 8.66. The zero-order valence-corrected chi connectivity index (χ0v) is 25.8. The number of hydrogen-bond donors (Lipinski definition) is 0. The molecule has 1 saturated carbocycles. The van der Waals surface area contributed by atoms with Crippen molar-refractivity contribution >= 4 is 0 Å². The molecule has 0 unspecified atom stereocenters. The number of ether oxygens (including phenoxy) is 2. The smallest absolute Gasteiger partial charge is 0.429 e.